The molecule has 1 aromatic heterocycles. The van der Waals surface area contributed by atoms with Crippen molar-refractivity contribution < 1.29 is 9.53 Å². The minimum Gasteiger partial charge on any atom is -0.481 e. The van der Waals surface area contributed by atoms with Crippen LogP contribution in [0.15, 0.2) is 48.8 Å². The summed E-state index contributed by atoms with van der Waals surface area (Å²) in [5.74, 6) is 0.578. The minimum atomic E-state index is -0.555. The SMILES string of the molecule is C[C@@H](Oc1ccc(C#N)cc1)C(=O)N1CCN(c2ccncc2)CC1. The van der Waals surface area contributed by atoms with Gasteiger partial charge in [-0.1, -0.05) is 0 Å². The lowest BCUT2D eigenvalue weighted by molar-refractivity contribution is -0.138. The summed E-state index contributed by atoms with van der Waals surface area (Å²) in [7, 11) is 0. The van der Waals surface area contributed by atoms with Gasteiger partial charge < -0.3 is 14.5 Å². The van der Waals surface area contributed by atoms with E-state index >= 15 is 0 Å². The van der Waals surface area contributed by atoms with Crippen LogP contribution in [0.2, 0.25) is 0 Å². The van der Waals surface area contributed by atoms with E-state index in [0.29, 0.717) is 24.4 Å². The van der Waals surface area contributed by atoms with Gasteiger partial charge in [0, 0.05) is 44.3 Å². The zero-order chi connectivity index (χ0) is 17.6. The van der Waals surface area contributed by atoms with Crippen LogP contribution < -0.4 is 9.64 Å². The first kappa shape index (κ1) is 16.8. The van der Waals surface area contributed by atoms with Gasteiger partial charge in [0.25, 0.3) is 5.91 Å². The molecule has 2 aromatic rings. The van der Waals surface area contributed by atoms with Gasteiger partial charge in [0.2, 0.25) is 0 Å². The topological polar surface area (TPSA) is 69.5 Å². The highest BCUT2D eigenvalue weighted by molar-refractivity contribution is 5.81. The molecule has 0 unspecified atom stereocenters. The smallest absolute Gasteiger partial charge is 0.263 e. The molecule has 0 saturated carbocycles. The first-order valence-corrected chi connectivity index (χ1v) is 8.28. The predicted molar refractivity (Wildman–Crippen MR) is 94.3 cm³/mol. The molecule has 1 aromatic carbocycles. The van der Waals surface area contributed by atoms with Crippen molar-refractivity contribution in [1.82, 2.24) is 9.88 Å². The molecule has 0 N–H and O–H groups in total. The maximum atomic E-state index is 12.6. The summed E-state index contributed by atoms with van der Waals surface area (Å²) in [6.45, 7) is 4.68. The Balaban J connectivity index is 1.54. The Morgan fingerprint density at radius 3 is 2.36 bits per heavy atom. The van der Waals surface area contributed by atoms with E-state index in [2.05, 4.69) is 16.0 Å². The second-order valence-electron chi connectivity index (χ2n) is 5.91. The van der Waals surface area contributed by atoms with Gasteiger partial charge in [0.1, 0.15) is 5.75 Å². The van der Waals surface area contributed by atoms with E-state index in [1.165, 1.54) is 0 Å². The molecule has 1 aliphatic heterocycles. The van der Waals surface area contributed by atoms with Crippen molar-refractivity contribution >= 4 is 11.6 Å². The van der Waals surface area contributed by atoms with Gasteiger partial charge in [-0.15, -0.1) is 0 Å². The lowest BCUT2D eigenvalue weighted by Crippen LogP contribution is -2.52. The Labute approximate surface area is 147 Å². The third-order valence-corrected chi connectivity index (χ3v) is 4.26. The number of rotatable bonds is 4. The van der Waals surface area contributed by atoms with Gasteiger partial charge in [0.15, 0.2) is 6.10 Å². The first-order valence-electron chi connectivity index (χ1n) is 8.28. The number of ether oxygens (including phenoxy) is 1. The van der Waals surface area contributed by atoms with Crippen molar-refractivity contribution in [2.45, 2.75) is 13.0 Å². The number of aromatic nitrogens is 1. The molecule has 1 atom stereocenters. The number of benzene rings is 1. The van der Waals surface area contributed by atoms with Crippen LogP contribution in [0.3, 0.4) is 0 Å². The van der Waals surface area contributed by atoms with Crippen molar-refractivity contribution in [2.75, 3.05) is 31.1 Å². The fourth-order valence-electron chi connectivity index (χ4n) is 2.86. The zero-order valence-corrected chi connectivity index (χ0v) is 14.1. The molecule has 6 nitrogen and oxygen atoms in total. The van der Waals surface area contributed by atoms with Gasteiger partial charge in [0.05, 0.1) is 11.6 Å². The molecular formula is C19H20N4O2. The van der Waals surface area contributed by atoms with Crippen molar-refractivity contribution in [1.29, 1.82) is 5.26 Å². The molecule has 1 saturated heterocycles. The first-order chi connectivity index (χ1) is 12.2. The molecule has 1 aliphatic rings. The maximum absolute atomic E-state index is 12.6. The van der Waals surface area contributed by atoms with Crippen LogP contribution in [-0.2, 0) is 4.79 Å². The number of anilines is 1. The molecule has 6 heteroatoms. The molecule has 0 radical (unpaired) electrons. The van der Waals surface area contributed by atoms with E-state index in [0.717, 1.165) is 18.8 Å². The number of pyridine rings is 1. The Morgan fingerprint density at radius 2 is 1.76 bits per heavy atom. The van der Waals surface area contributed by atoms with E-state index in [-0.39, 0.29) is 5.91 Å². The summed E-state index contributed by atoms with van der Waals surface area (Å²) in [5.41, 5.74) is 1.70. The van der Waals surface area contributed by atoms with Gasteiger partial charge in [-0.05, 0) is 43.3 Å². The third kappa shape index (κ3) is 4.07. The molecule has 2 heterocycles. The number of nitriles is 1. The number of hydrogen-bond donors (Lipinski definition) is 0. The third-order valence-electron chi connectivity index (χ3n) is 4.26. The van der Waals surface area contributed by atoms with Crippen molar-refractivity contribution in [2.24, 2.45) is 0 Å². The summed E-state index contributed by atoms with van der Waals surface area (Å²) in [6.07, 6.45) is 3.00. The number of nitrogens with zero attached hydrogens (tertiary/aromatic N) is 4. The van der Waals surface area contributed by atoms with Crippen LogP contribution in [0.25, 0.3) is 0 Å². The highest BCUT2D eigenvalue weighted by Gasteiger charge is 2.26. The monoisotopic (exact) mass is 336 g/mol. The van der Waals surface area contributed by atoms with Crippen molar-refractivity contribution in [3.63, 3.8) is 0 Å². The van der Waals surface area contributed by atoms with Crippen molar-refractivity contribution in [3.05, 3.63) is 54.4 Å². The summed E-state index contributed by atoms with van der Waals surface area (Å²) in [6, 6.07) is 12.8. The van der Waals surface area contributed by atoms with E-state index in [1.54, 1.807) is 43.6 Å². The molecule has 3 rings (SSSR count). The van der Waals surface area contributed by atoms with E-state index in [9.17, 15) is 4.79 Å². The van der Waals surface area contributed by atoms with Crippen LogP contribution in [0.1, 0.15) is 12.5 Å². The predicted octanol–water partition coefficient (Wildman–Crippen LogP) is 2.07. The Morgan fingerprint density at radius 1 is 1.12 bits per heavy atom. The van der Waals surface area contributed by atoms with Gasteiger partial charge in [-0.25, -0.2) is 0 Å². The molecule has 0 aliphatic carbocycles. The molecular weight excluding hydrogens is 316 g/mol. The van der Waals surface area contributed by atoms with Crippen molar-refractivity contribution in [3.8, 4) is 11.8 Å². The molecule has 0 bridgehead atoms. The number of hydrogen-bond acceptors (Lipinski definition) is 5. The van der Waals surface area contributed by atoms with E-state index in [1.807, 2.05) is 17.0 Å². The molecule has 0 spiro atoms. The maximum Gasteiger partial charge on any atom is 0.263 e. The zero-order valence-electron chi connectivity index (χ0n) is 14.1. The minimum absolute atomic E-state index is 0.0151. The summed E-state index contributed by atoms with van der Waals surface area (Å²) >= 11 is 0. The largest absolute Gasteiger partial charge is 0.481 e. The average Bonchev–Trinajstić information content (AvgIpc) is 2.69. The van der Waals surface area contributed by atoms with Gasteiger partial charge in [-0.2, -0.15) is 5.26 Å². The summed E-state index contributed by atoms with van der Waals surface area (Å²) in [4.78, 5) is 20.7. The molecule has 128 valence electrons. The normalized spacial score (nSPS) is 15.4. The highest BCUT2D eigenvalue weighted by Crippen LogP contribution is 2.17. The lowest BCUT2D eigenvalue weighted by Gasteiger charge is -2.37. The van der Waals surface area contributed by atoms with Crippen LogP contribution in [-0.4, -0.2) is 48.1 Å². The second kappa shape index (κ2) is 7.67. The quantitative estimate of drug-likeness (QED) is 0.855. The average molecular weight is 336 g/mol. The molecule has 25 heavy (non-hydrogen) atoms. The fourth-order valence-corrected chi connectivity index (χ4v) is 2.86. The number of piperazine rings is 1. The Bertz CT molecular complexity index is 747. The highest BCUT2D eigenvalue weighted by atomic mass is 16.5. The lowest BCUT2D eigenvalue weighted by atomic mass is 10.2. The standard InChI is InChI=1S/C19H20N4O2/c1-15(25-18-4-2-16(14-20)3-5-18)19(24)23-12-10-22(11-13-23)17-6-8-21-9-7-17/h2-9,15H,10-13H2,1H3/t15-/m1/s1. The van der Waals surface area contributed by atoms with E-state index in [4.69, 9.17) is 10.00 Å². The van der Waals surface area contributed by atoms with Crippen LogP contribution >= 0.6 is 0 Å². The van der Waals surface area contributed by atoms with Crippen LogP contribution in [0.4, 0.5) is 5.69 Å². The van der Waals surface area contributed by atoms with Crippen LogP contribution in [0, 0.1) is 11.3 Å². The van der Waals surface area contributed by atoms with Gasteiger partial charge in [-0.3, -0.25) is 9.78 Å². The number of carbonyl (C=O) groups excluding carboxylic acids is 1. The Kier molecular flexibility index (Phi) is 5.14. The van der Waals surface area contributed by atoms with E-state index < -0.39 is 6.10 Å². The molecule has 1 fully saturated rings. The van der Waals surface area contributed by atoms with Gasteiger partial charge >= 0.3 is 0 Å². The number of carbonyl (C=O) groups is 1. The fraction of sp³-hybridized carbons (Fsp3) is 0.316. The number of amides is 1. The van der Waals surface area contributed by atoms with Crippen LogP contribution in [0.5, 0.6) is 5.75 Å². The summed E-state index contributed by atoms with van der Waals surface area (Å²) in [5, 5.41) is 8.81. The Hall–Kier alpha value is -3.07. The second-order valence-corrected chi connectivity index (χ2v) is 5.91. The summed E-state index contributed by atoms with van der Waals surface area (Å²) < 4.78 is 5.72. The molecule has 1 amide bonds.